The van der Waals surface area contributed by atoms with Crippen LogP contribution in [0.2, 0.25) is 0 Å². The van der Waals surface area contributed by atoms with Crippen LogP contribution < -0.4 is 5.32 Å². The number of hydrogen-bond acceptors (Lipinski definition) is 5. The molecule has 1 N–H and O–H groups in total. The lowest BCUT2D eigenvalue weighted by Gasteiger charge is -2.32. The van der Waals surface area contributed by atoms with E-state index >= 15 is 0 Å². The first kappa shape index (κ1) is 11.9. The molecule has 1 aromatic rings. The smallest absolute Gasteiger partial charge is 0.324 e. The first-order chi connectivity index (χ1) is 8.74. The number of morpholine rings is 1. The molecule has 1 aromatic heterocycles. The molecule has 1 saturated heterocycles. The molecule has 0 spiro atoms. The molecule has 7 heteroatoms. The number of nitrogens with one attached hydrogen (secondary N) is 1. The Labute approximate surface area is 109 Å². The Morgan fingerprint density at radius 3 is 3.06 bits per heavy atom. The average Bonchev–Trinajstić information content (AvgIpc) is 3.11. The van der Waals surface area contributed by atoms with E-state index < -0.39 is 0 Å². The molecule has 2 fully saturated rings. The van der Waals surface area contributed by atoms with Crippen LogP contribution in [0.5, 0.6) is 0 Å². The van der Waals surface area contributed by atoms with Gasteiger partial charge in [0.2, 0.25) is 5.13 Å². The van der Waals surface area contributed by atoms with Crippen molar-refractivity contribution in [2.45, 2.75) is 31.7 Å². The van der Waals surface area contributed by atoms with Gasteiger partial charge in [-0.25, -0.2) is 4.79 Å². The molecule has 0 radical (unpaired) electrons. The van der Waals surface area contributed by atoms with E-state index in [1.165, 1.54) is 24.2 Å². The van der Waals surface area contributed by atoms with E-state index in [4.69, 9.17) is 4.74 Å². The minimum Gasteiger partial charge on any atom is -0.377 e. The number of carbonyl (C=O) groups is 1. The molecule has 0 unspecified atom stereocenters. The van der Waals surface area contributed by atoms with Gasteiger partial charge in [-0.3, -0.25) is 5.32 Å². The summed E-state index contributed by atoms with van der Waals surface area (Å²) in [5.41, 5.74) is 0. The summed E-state index contributed by atoms with van der Waals surface area (Å²) < 4.78 is 5.31. The van der Waals surface area contributed by atoms with Crippen molar-refractivity contribution in [3.8, 4) is 0 Å². The Hall–Kier alpha value is -1.21. The van der Waals surface area contributed by atoms with Crippen molar-refractivity contribution in [3.05, 3.63) is 5.01 Å². The molecule has 0 aromatic carbocycles. The highest BCUT2D eigenvalue weighted by atomic mass is 32.1. The SMILES string of the molecule is C[C@H]1COCCN1C(=O)Nc1nnc(C2CC2)s1. The normalized spacial score (nSPS) is 24.1. The molecular weight excluding hydrogens is 252 g/mol. The van der Waals surface area contributed by atoms with Crippen molar-refractivity contribution >= 4 is 22.5 Å². The lowest BCUT2D eigenvalue weighted by atomic mass is 10.3. The molecule has 2 aliphatic rings. The van der Waals surface area contributed by atoms with Gasteiger partial charge in [0.05, 0.1) is 19.3 Å². The molecular formula is C11H16N4O2S. The number of nitrogens with zero attached hydrogens (tertiary/aromatic N) is 3. The summed E-state index contributed by atoms with van der Waals surface area (Å²) in [4.78, 5) is 13.9. The van der Waals surface area contributed by atoms with E-state index in [-0.39, 0.29) is 12.1 Å². The van der Waals surface area contributed by atoms with E-state index in [1.54, 1.807) is 4.90 Å². The van der Waals surface area contributed by atoms with Gasteiger partial charge in [0, 0.05) is 12.5 Å². The van der Waals surface area contributed by atoms with Gasteiger partial charge in [-0.05, 0) is 19.8 Å². The second-order valence-electron chi connectivity index (χ2n) is 4.77. The summed E-state index contributed by atoms with van der Waals surface area (Å²) in [5, 5.41) is 12.6. The molecule has 1 aliphatic carbocycles. The third kappa shape index (κ3) is 2.46. The van der Waals surface area contributed by atoms with E-state index in [0.717, 1.165) is 5.01 Å². The summed E-state index contributed by atoms with van der Waals surface area (Å²) in [6, 6.07) is -0.00105. The summed E-state index contributed by atoms with van der Waals surface area (Å²) in [7, 11) is 0. The van der Waals surface area contributed by atoms with Gasteiger partial charge in [0.25, 0.3) is 0 Å². The summed E-state index contributed by atoms with van der Waals surface area (Å²) >= 11 is 1.48. The largest absolute Gasteiger partial charge is 0.377 e. The van der Waals surface area contributed by atoms with Gasteiger partial charge < -0.3 is 9.64 Å². The van der Waals surface area contributed by atoms with Crippen LogP contribution in [-0.4, -0.2) is 46.9 Å². The average molecular weight is 268 g/mol. The molecule has 98 valence electrons. The number of carbonyl (C=O) groups excluding carboxylic acids is 1. The summed E-state index contributed by atoms with van der Waals surface area (Å²) in [5.74, 6) is 0.579. The quantitative estimate of drug-likeness (QED) is 0.886. The van der Waals surface area contributed by atoms with Gasteiger partial charge in [0.15, 0.2) is 0 Å². The van der Waals surface area contributed by atoms with Crippen LogP contribution in [-0.2, 0) is 4.74 Å². The fourth-order valence-corrected chi connectivity index (χ4v) is 2.87. The summed E-state index contributed by atoms with van der Waals surface area (Å²) in [6.45, 7) is 3.80. The Morgan fingerprint density at radius 2 is 2.33 bits per heavy atom. The van der Waals surface area contributed by atoms with E-state index in [9.17, 15) is 4.79 Å². The van der Waals surface area contributed by atoms with E-state index in [0.29, 0.717) is 30.8 Å². The fraction of sp³-hybridized carbons (Fsp3) is 0.727. The predicted molar refractivity (Wildman–Crippen MR) is 67.9 cm³/mol. The molecule has 6 nitrogen and oxygen atoms in total. The lowest BCUT2D eigenvalue weighted by Crippen LogP contribution is -2.48. The molecule has 0 bridgehead atoms. The third-order valence-corrected chi connectivity index (χ3v) is 4.21. The monoisotopic (exact) mass is 268 g/mol. The van der Waals surface area contributed by atoms with Crippen LogP contribution in [0.4, 0.5) is 9.93 Å². The number of rotatable bonds is 2. The number of ether oxygens (including phenoxy) is 1. The van der Waals surface area contributed by atoms with Crippen molar-refractivity contribution < 1.29 is 9.53 Å². The first-order valence-electron chi connectivity index (χ1n) is 6.23. The maximum absolute atomic E-state index is 12.1. The highest BCUT2D eigenvalue weighted by Gasteiger charge is 2.29. The third-order valence-electron chi connectivity index (χ3n) is 3.21. The van der Waals surface area contributed by atoms with Gasteiger partial charge in [-0.15, -0.1) is 10.2 Å². The highest BCUT2D eigenvalue weighted by molar-refractivity contribution is 7.15. The van der Waals surface area contributed by atoms with Crippen LogP contribution in [0.15, 0.2) is 0 Å². The molecule has 2 amide bonds. The van der Waals surface area contributed by atoms with Gasteiger partial charge in [-0.2, -0.15) is 0 Å². The standard InChI is InChI=1S/C11H16N4O2S/c1-7-6-17-5-4-15(7)11(16)12-10-14-13-9(18-10)8-2-3-8/h7-8H,2-6H2,1H3,(H,12,14,16)/t7-/m0/s1. The molecule has 2 heterocycles. The maximum Gasteiger partial charge on any atom is 0.324 e. The first-order valence-corrected chi connectivity index (χ1v) is 7.04. The van der Waals surface area contributed by atoms with Crippen LogP contribution in [0.1, 0.15) is 30.7 Å². The zero-order valence-corrected chi connectivity index (χ0v) is 11.1. The molecule has 1 saturated carbocycles. The Balaban J connectivity index is 1.61. The number of hydrogen-bond donors (Lipinski definition) is 1. The Bertz CT molecular complexity index is 446. The van der Waals surface area contributed by atoms with E-state index in [2.05, 4.69) is 15.5 Å². The second-order valence-corrected chi connectivity index (χ2v) is 5.78. The van der Waals surface area contributed by atoms with Crippen LogP contribution >= 0.6 is 11.3 Å². The van der Waals surface area contributed by atoms with Crippen LogP contribution in [0.3, 0.4) is 0 Å². The molecule has 3 rings (SSSR count). The number of anilines is 1. The molecule has 1 atom stereocenters. The number of aromatic nitrogens is 2. The van der Waals surface area contributed by atoms with Crippen molar-refractivity contribution in [2.24, 2.45) is 0 Å². The Kier molecular flexibility index (Phi) is 3.17. The second kappa shape index (κ2) is 4.81. The maximum atomic E-state index is 12.1. The number of urea groups is 1. The van der Waals surface area contributed by atoms with Crippen LogP contribution in [0, 0.1) is 0 Å². The predicted octanol–water partition coefficient (Wildman–Crippen LogP) is 1.67. The Morgan fingerprint density at radius 1 is 1.50 bits per heavy atom. The van der Waals surface area contributed by atoms with Gasteiger partial charge in [0.1, 0.15) is 5.01 Å². The van der Waals surface area contributed by atoms with Gasteiger partial charge >= 0.3 is 6.03 Å². The zero-order chi connectivity index (χ0) is 12.5. The van der Waals surface area contributed by atoms with Crippen molar-refractivity contribution in [2.75, 3.05) is 25.1 Å². The molecule has 18 heavy (non-hydrogen) atoms. The minimum absolute atomic E-state index is 0.106. The molecule has 1 aliphatic heterocycles. The zero-order valence-electron chi connectivity index (χ0n) is 10.3. The lowest BCUT2D eigenvalue weighted by molar-refractivity contribution is 0.0221. The number of amides is 2. The fourth-order valence-electron chi connectivity index (χ4n) is 1.97. The highest BCUT2D eigenvalue weighted by Crippen LogP contribution is 2.42. The topological polar surface area (TPSA) is 67.3 Å². The van der Waals surface area contributed by atoms with Crippen molar-refractivity contribution in [3.63, 3.8) is 0 Å². The summed E-state index contributed by atoms with van der Waals surface area (Å²) in [6.07, 6.45) is 2.39. The van der Waals surface area contributed by atoms with Crippen molar-refractivity contribution in [1.82, 2.24) is 15.1 Å². The van der Waals surface area contributed by atoms with Crippen molar-refractivity contribution in [1.29, 1.82) is 0 Å². The minimum atomic E-state index is -0.107. The van der Waals surface area contributed by atoms with E-state index in [1.807, 2.05) is 6.92 Å². The van der Waals surface area contributed by atoms with Gasteiger partial charge in [-0.1, -0.05) is 11.3 Å². The van der Waals surface area contributed by atoms with Crippen LogP contribution in [0.25, 0.3) is 0 Å².